The van der Waals surface area contributed by atoms with Crippen molar-refractivity contribution in [2.75, 3.05) is 0 Å². The second-order valence-corrected chi connectivity index (χ2v) is 6.51. The van der Waals surface area contributed by atoms with Crippen molar-refractivity contribution >= 4 is 5.97 Å². The number of aliphatic carboxylic acids is 1. The molecule has 3 heteroatoms. The number of carboxylic acid groups (broad SMARTS) is 1. The van der Waals surface area contributed by atoms with Crippen LogP contribution in [-0.2, 0) is 4.79 Å². The topological polar surface area (TPSA) is 46.5 Å². The average Bonchev–Trinajstić information content (AvgIpc) is 3.04. The van der Waals surface area contributed by atoms with E-state index in [0.29, 0.717) is 18.3 Å². The number of ether oxygens (including phenoxy) is 1. The Bertz CT molecular complexity index is 624. The van der Waals surface area contributed by atoms with Gasteiger partial charge in [0.05, 0.1) is 0 Å². The third-order valence-corrected chi connectivity index (χ3v) is 4.53. The van der Waals surface area contributed by atoms with E-state index < -0.39 is 5.97 Å². The highest BCUT2D eigenvalue weighted by Gasteiger charge is 2.26. The van der Waals surface area contributed by atoms with Crippen molar-refractivity contribution in [3.05, 3.63) is 60.1 Å². The van der Waals surface area contributed by atoms with E-state index in [0.717, 1.165) is 24.4 Å². The van der Waals surface area contributed by atoms with Gasteiger partial charge >= 0.3 is 5.97 Å². The molecule has 0 radical (unpaired) electrons. The van der Waals surface area contributed by atoms with Gasteiger partial charge in [-0.25, -0.2) is 0 Å². The lowest BCUT2D eigenvalue weighted by Crippen LogP contribution is -2.09. The lowest BCUT2D eigenvalue weighted by molar-refractivity contribution is -0.136. The van der Waals surface area contributed by atoms with E-state index in [1.54, 1.807) is 6.08 Å². The average molecular weight is 340 g/mol. The fraction of sp³-hybridized carbons (Fsp3) is 0.455. The zero-order valence-electron chi connectivity index (χ0n) is 15.0. The second kappa shape index (κ2) is 10.6. The summed E-state index contributed by atoms with van der Waals surface area (Å²) in [6, 6.07) is 9.72. The van der Waals surface area contributed by atoms with Gasteiger partial charge in [0.1, 0.15) is 11.5 Å². The molecular weight excluding hydrogens is 312 g/mol. The number of carboxylic acids is 1. The molecule has 134 valence electrons. The smallest absolute Gasteiger partial charge is 0.303 e. The highest BCUT2D eigenvalue weighted by molar-refractivity contribution is 5.66. The SMILES string of the molecule is CCC=C[C@H]1CCC[C@@H]1CC(=C=CCCC(=O)O)Oc1ccccc1. The summed E-state index contributed by atoms with van der Waals surface area (Å²) in [7, 11) is 0. The highest BCUT2D eigenvalue weighted by atomic mass is 16.5. The molecule has 3 nitrogen and oxygen atoms in total. The summed E-state index contributed by atoms with van der Waals surface area (Å²) < 4.78 is 6.04. The van der Waals surface area contributed by atoms with Gasteiger partial charge in [0, 0.05) is 12.8 Å². The molecule has 0 aliphatic heterocycles. The van der Waals surface area contributed by atoms with Gasteiger partial charge in [-0.1, -0.05) is 49.4 Å². The largest absolute Gasteiger partial charge is 0.481 e. The lowest BCUT2D eigenvalue weighted by atomic mass is 9.91. The maximum atomic E-state index is 10.7. The van der Waals surface area contributed by atoms with Crippen LogP contribution < -0.4 is 4.74 Å². The van der Waals surface area contributed by atoms with E-state index in [9.17, 15) is 4.79 Å². The predicted octanol–water partition coefficient (Wildman–Crippen LogP) is 5.74. The molecule has 0 amide bonds. The zero-order valence-corrected chi connectivity index (χ0v) is 15.0. The van der Waals surface area contributed by atoms with E-state index in [-0.39, 0.29) is 6.42 Å². The van der Waals surface area contributed by atoms with Gasteiger partial charge in [-0.3, -0.25) is 4.79 Å². The van der Waals surface area contributed by atoms with Gasteiger partial charge < -0.3 is 9.84 Å². The monoisotopic (exact) mass is 340 g/mol. The molecule has 0 saturated heterocycles. The lowest BCUT2D eigenvalue weighted by Gasteiger charge is -2.17. The maximum Gasteiger partial charge on any atom is 0.303 e. The molecule has 1 aliphatic rings. The summed E-state index contributed by atoms with van der Waals surface area (Å²) >= 11 is 0. The summed E-state index contributed by atoms with van der Waals surface area (Å²) in [6.45, 7) is 2.16. The molecule has 1 saturated carbocycles. The minimum absolute atomic E-state index is 0.122. The molecule has 0 spiro atoms. The van der Waals surface area contributed by atoms with Crippen LogP contribution in [0.1, 0.15) is 51.9 Å². The van der Waals surface area contributed by atoms with E-state index in [1.807, 2.05) is 30.3 Å². The molecule has 0 aromatic heterocycles. The first kappa shape index (κ1) is 19.1. The van der Waals surface area contributed by atoms with Gasteiger partial charge in [0.2, 0.25) is 0 Å². The number of allylic oxidation sites excluding steroid dienone is 3. The minimum atomic E-state index is -0.788. The van der Waals surface area contributed by atoms with E-state index in [1.165, 1.54) is 19.3 Å². The molecule has 2 rings (SSSR count). The Morgan fingerprint density at radius 2 is 2.12 bits per heavy atom. The first-order valence-corrected chi connectivity index (χ1v) is 9.24. The molecule has 1 aromatic carbocycles. The van der Waals surface area contributed by atoms with Crippen LogP contribution in [0.4, 0.5) is 0 Å². The van der Waals surface area contributed by atoms with Gasteiger partial charge in [0.15, 0.2) is 0 Å². The molecular formula is C22H28O3. The standard InChI is InChI=1S/C22H28O3/c1-2-3-10-18-11-9-12-19(18)17-21(15-7-8-16-22(23)24)25-20-13-5-4-6-14-20/h3-7,10,13-14,18-19H,2,8-9,11-12,16-17H2,1H3,(H,23,24)/t15?,18-,19+/m0/s1. The predicted molar refractivity (Wildman–Crippen MR) is 100 cm³/mol. The number of para-hydroxylation sites is 1. The molecule has 1 aliphatic carbocycles. The normalized spacial score (nSPS) is 19.6. The number of hydrogen-bond donors (Lipinski definition) is 1. The van der Waals surface area contributed by atoms with Crippen molar-refractivity contribution in [1.29, 1.82) is 0 Å². The van der Waals surface area contributed by atoms with Crippen molar-refractivity contribution in [2.45, 2.75) is 51.9 Å². The molecule has 25 heavy (non-hydrogen) atoms. The van der Waals surface area contributed by atoms with Gasteiger partial charge in [-0.2, -0.15) is 0 Å². The molecule has 0 unspecified atom stereocenters. The Morgan fingerprint density at radius 1 is 1.32 bits per heavy atom. The van der Waals surface area contributed by atoms with Crippen LogP contribution in [0.3, 0.4) is 0 Å². The molecule has 1 aromatic rings. The van der Waals surface area contributed by atoms with E-state index in [4.69, 9.17) is 9.84 Å². The number of hydrogen-bond acceptors (Lipinski definition) is 2. The third kappa shape index (κ3) is 7.03. The van der Waals surface area contributed by atoms with Crippen LogP contribution in [0.2, 0.25) is 0 Å². The summed E-state index contributed by atoms with van der Waals surface area (Å²) in [6.07, 6.45) is 12.6. The summed E-state index contributed by atoms with van der Waals surface area (Å²) in [5, 5.41) is 8.77. The van der Waals surface area contributed by atoms with Crippen LogP contribution in [0.15, 0.2) is 60.1 Å². The zero-order chi connectivity index (χ0) is 17.9. The number of benzene rings is 1. The quantitative estimate of drug-likeness (QED) is 0.354. The number of rotatable bonds is 9. The molecule has 1 N–H and O–H groups in total. The van der Waals surface area contributed by atoms with Crippen LogP contribution in [-0.4, -0.2) is 11.1 Å². The van der Waals surface area contributed by atoms with Crippen molar-refractivity contribution in [3.8, 4) is 5.75 Å². The van der Waals surface area contributed by atoms with Crippen molar-refractivity contribution in [2.24, 2.45) is 11.8 Å². The third-order valence-electron chi connectivity index (χ3n) is 4.53. The van der Waals surface area contributed by atoms with Gasteiger partial charge in [-0.15, -0.1) is 0 Å². The van der Waals surface area contributed by atoms with Gasteiger partial charge in [0.25, 0.3) is 0 Å². The molecule has 1 fully saturated rings. The first-order chi connectivity index (χ1) is 12.2. The fourth-order valence-corrected chi connectivity index (χ4v) is 3.26. The van der Waals surface area contributed by atoms with Crippen LogP contribution in [0.25, 0.3) is 0 Å². The number of carbonyl (C=O) groups is 1. The Hall–Kier alpha value is -2.25. The summed E-state index contributed by atoms with van der Waals surface area (Å²) in [4.78, 5) is 10.7. The Labute approximate surface area is 150 Å². The highest BCUT2D eigenvalue weighted by Crippen LogP contribution is 2.37. The maximum absolute atomic E-state index is 10.7. The Kier molecular flexibility index (Phi) is 8.08. The summed E-state index contributed by atoms with van der Waals surface area (Å²) in [5.41, 5.74) is 3.21. The molecule has 0 bridgehead atoms. The van der Waals surface area contributed by atoms with E-state index in [2.05, 4.69) is 24.8 Å². The summed E-state index contributed by atoms with van der Waals surface area (Å²) in [5.74, 6) is 2.00. The minimum Gasteiger partial charge on any atom is -0.481 e. The van der Waals surface area contributed by atoms with Crippen molar-refractivity contribution in [1.82, 2.24) is 0 Å². The Morgan fingerprint density at radius 3 is 2.84 bits per heavy atom. The molecule has 2 atom stereocenters. The first-order valence-electron chi connectivity index (χ1n) is 9.24. The van der Waals surface area contributed by atoms with E-state index >= 15 is 0 Å². The Balaban J connectivity index is 2.09. The fourth-order valence-electron chi connectivity index (χ4n) is 3.26. The van der Waals surface area contributed by atoms with Crippen molar-refractivity contribution < 1.29 is 14.6 Å². The molecule has 0 heterocycles. The van der Waals surface area contributed by atoms with Crippen LogP contribution in [0, 0.1) is 11.8 Å². The van der Waals surface area contributed by atoms with Gasteiger partial charge in [-0.05, 0) is 55.7 Å². The second-order valence-electron chi connectivity index (χ2n) is 6.51. The van der Waals surface area contributed by atoms with Crippen LogP contribution >= 0.6 is 0 Å². The van der Waals surface area contributed by atoms with Crippen molar-refractivity contribution in [3.63, 3.8) is 0 Å². The van der Waals surface area contributed by atoms with Crippen LogP contribution in [0.5, 0.6) is 5.75 Å².